The van der Waals surface area contributed by atoms with Gasteiger partial charge in [-0.1, -0.05) is 217 Å². The lowest BCUT2D eigenvalue weighted by molar-refractivity contribution is -0.124. The molecule has 0 bridgehead atoms. The lowest BCUT2D eigenvalue weighted by Gasteiger charge is -2.20. The highest BCUT2D eigenvalue weighted by Gasteiger charge is 2.20. The van der Waals surface area contributed by atoms with E-state index in [1.54, 1.807) is 6.08 Å². The van der Waals surface area contributed by atoms with Crippen LogP contribution in [-0.2, 0) is 4.79 Å². The molecule has 0 aliphatic rings. The van der Waals surface area contributed by atoms with Gasteiger partial charge in [0.05, 0.1) is 31.3 Å². The molecule has 0 aliphatic heterocycles. The summed E-state index contributed by atoms with van der Waals surface area (Å²) in [6.07, 6.45) is 59.9. The predicted octanol–water partition coefficient (Wildman–Crippen LogP) is 14.5. The van der Waals surface area contributed by atoms with Crippen molar-refractivity contribution in [2.24, 2.45) is 0 Å². The summed E-state index contributed by atoms with van der Waals surface area (Å²) in [6.45, 7) is 4.20. The highest BCUT2D eigenvalue weighted by molar-refractivity contribution is 5.76. The lowest BCUT2D eigenvalue weighted by Crippen LogP contribution is -2.45. The number of aliphatic hydroxyl groups excluding tert-OH is 3. The number of hydrogen-bond acceptors (Lipinski definition) is 4. The molecule has 0 aromatic rings. The summed E-state index contributed by atoms with van der Waals surface area (Å²) in [6, 6.07) is -0.773. The molecule has 4 N–H and O–H groups in total. The zero-order chi connectivity index (χ0) is 40.8. The van der Waals surface area contributed by atoms with Gasteiger partial charge in [-0.25, -0.2) is 0 Å². The van der Waals surface area contributed by atoms with Crippen molar-refractivity contribution >= 4 is 5.91 Å². The summed E-state index contributed by atoms with van der Waals surface area (Å²) >= 11 is 0. The number of aliphatic hydroxyl groups is 3. The van der Waals surface area contributed by atoms with Crippen LogP contribution >= 0.6 is 0 Å². The first-order valence-electron chi connectivity index (χ1n) is 24.4. The van der Waals surface area contributed by atoms with Gasteiger partial charge in [-0.15, -0.1) is 0 Å². The van der Waals surface area contributed by atoms with Crippen LogP contribution in [0.4, 0.5) is 0 Å². The van der Waals surface area contributed by atoms with Gasteiger partial charge < -0.3 is 20.6 Å². The smallest absolute Gasteiger partial charge is 0.222 e. The van der Waals surface area contributed by atoms with Crippen molar-refractivity contribution in [2.75, 3.05) is 6.61 Å². The second-order valence-electron chi connectivity index (χ2n) is 16.7. The zero-order valence-electron chi connectivity index (χ0n) is 37.3. The lowest BCUT2D eigenvalue weighted by atomic mass is 10.0. The number of carbonyl (C=O) groups excluding carboxylic acids is 1. The standard InChI is InChI=1S/C51H95NO4/c1-3-5-7-9-11-13-15-17-19-21-22-23-24-25-26-27-28-29-31-33-35-37-39-41-43-45-50(55)49(47-53)52-51(56)46-48(54)44-42-40-38-36-34-32-30-20-18-16-14-12-10-8-6-4-2/h28-29,32,34-35,37,43,45,48-50,53-55H,3-27,30-31,33,36,38-42,44,46-47H2,1-2H3,(H,52,56)/b29-28+,34-32-,37-35+,45-43+. The zero-order valence-corrected chi connectivity index (χ0v) is 37.3. The van der Waals surface area contributed by atoms with Crippen LogP contribution in [0.2, 0.25) is 0 Å². The van der Waals surface area contributed by atoms with E-state index in [2.05, 4.69) is 55.6 Å². The summed E-state index contributed by atoms with van der Waals surface area (Å²) in [4.78, 5) is 12.4. The van der Waals surface area contributed by atoms with E-state index in [4.69, 9.17) is 0 Å². The summed E-state index contributed by atoms with van der Waals surface area (Å²) in [5, 5.41) is 33.3. The molecule has 0 aromatic heterocycles. The van der Waals surface area contributed by atoms with Crippen molar-refractivity contribution in [2.45, 2.75) is 263 Å². The van der Waals surface area contributed by atoms with E-state index in [0.717, 1.165) is 51.4 Å². The van der Waals surface area contributed by atoms with Crippen LogP contribution in [0.3, 0.4) is 0 Å². The Kier molecular flexibility index (Phi) is 44.6. The van der Waals surface area contributed by atoms with Crippen molar-refractivity contribution in [3.05, 3.63) is 48.6 Å². The molecule has 0 spiro atoms. The second-order valence-corrected chi connectivity index (χ2v) is 16.7. The normalized spacial score (nSPS) is 13.9. The average molecular weight is 786 g/mol. The Morgan fingerprint density at radius 1 is 0.446 bits per heavy atom. The molecule has 3 atom stereocenters. The first-order valence-corrected chi connectivity index (χ1v) is 24.4. The molecule has 0 saturated carbocycles. The monoisotopic (exact) mass is 786 g/mol. The van der Waals surface area contributed by atoms with E-state index < -0.39 is 18.2 Å². The molecule has 0 fully saturated rings. The molecule has 1 amide bonds. The third-order valence-corrected chi connectivity index (χ3v) is 11.1. The summed E-state index contributed by atoms with van der Waals surface area (Å²) in [5.41, 5.74) is 0. The molecule has 3 unspecified atom stereocenters. The van der Waals surface area contributed by atoms with Crippen molar-refractivity contribution in [3.63, 3.8) is 0 Å². The fourth-order valence-corrected chi connectivity index (χ4v) is 7.31. The topological polar surface area (TPSA) is 89.8 Å². The summed E-state index contributed by atoms with van der Waals surface area (Å²) in [5.74, 6) is -0.338. The maximum absolute atomic E-state index is 12.4. The molecule has 5 nitrogen and oxygen atoms in total. The van der Waals surface area contributed by atoms with E-state index >= 15 is 0 Å². The quantitative estimate of drug-likeness (QED) is 0.0366. The van der Waals surface area contributed by atoms with Crippen molar-refractivity contribution in [3.8, 4) is 0 Å². The van der Waals surface area contributed by atoms with Gasteiger partial charge >= 0.3 is 0 Å². The molecule has 56 heavy (non-hydrogen) atoms. The highest BCUT2D eigenvalue weighted by atomic mass is 16.3. The van der Waals surface area contributed by atoms with Gasteiger partial charge in [-0.3, -0.25) is 4.79 Å². The molecule has 0 saturated heterocycles. The molecule has 0 aliphatic carbocycles. The molecular formula is C51H95NO4. The number of rotatable bonds is 44. The van der Waals surface area contributed by atoms with Gasteiger partial charge in [0.15, 0.2) is 0 Å². The Morgan fingerprint density at radius 3 is 1.14 bits per heavy atom. The van der Waals surface area contributed by atoms with Crippen LogP contribution in [0.1, 0.15) is 245 Å². The fourth-order valence-electron chi connectivity index (χ4n) is 7.31. The minimum atomic E-state index is -0.965. The van der Waals surface area contributed by atoms with Gasteiger partial charge in [-0.2, -0.15) is 0 Å². The van der Waals surface area contributed by atoms with Gasteiger partial charge in [0.25, 0.3) is 0 Å². The Balaban J connectivity index is 3.71. The van der Waals surface area contributed by atoms with Crippen molar-refractivity contribution in [1.29, 1.82) is 0 Å². The van der Waals surface area contributed by atoms with Gasteiger partial charge in [0, 0.05) is 0 Å². The number of allylic oxidation sites excluding steroid dienone is 7. The van der Waals surface area contributed by atoms with Crippen LogP contribution in [0.15, 0.2) is 48.6 Å². The van der Waals surface area contributed by atoms with Crippen LogP contribution in [-0.4, -0.2) is 46.1 Å². The van der Waals surface area contributed by atoms with Gasteiger partial charge in [0.2, 0.25) is 5.91 Å². The van der Waals surface area contributed by atoms with E-state index in [0.29, 0.717) is 6.42 Å². The van der Waals surface area contributed by atoms with Crippen LogP contribution in [0, 0.1) is 0 Å². The highest BCUT2D eigenvalue weighted by Crippen LogP contribution is 2.15. The maximum atomic E-state index is 12.4. The minimum Gasteiger partial charge on any atom is -0.394 e. The first kappa shape index (κ1) is 54.3. The fraction of sp³-hybridized carbons (Fsp3) is 0.824. The largest absolute Gasteiger partial charge is 0.394 e. The summed E-state index contributed by atoms with van der Waals surface area (Å²) in [7, 11) is 0. The Bertz CT molecular complexity index is 912. The summed E-state index contributed by atoms with van der Waals surface area (Å²) < 4.78 is 0. The molecular weight excluding hydrogens is 691 g/mol. The van der Waals surface area contributed by atoms with E-state index in [1.807, 2.05) is 6.08 Å². The number of hydrogen-bond donors (Lipinski definition) is 4. The SMILES string of the molecule is CCCCCCCCCCC/C=C\CCCCCC(O)CC(=O)NC(CO)C(O)/C=C/CC/C=C/CC/C=C/CCCCCCCCCCCCCCCCC. The Labute approximate surface area is 348 Å². The van der Waals surface area contributed by atoms with Crippen LogP contribution < -0.4 is 5.32 Å². The maximum Gasteiger partial charge on any atom is 0.222 e. The number of carbonyl (C=O) groups is 1. The van der Waals surface area contributed by atoms with E-state index in [1.165, 1.54) is 167 Å². The number of unbranched alkanes of at least 4 members (excludes halogenated alkanes) is 29. The predicted molar refractivity (Wildman–Crippen MR) is 245 cm³/mol. The van der Waals surface area contributed by atoms with Gasteiger partial charge in [0.1, 0.15) is 0 Å². The third kappa shape index (κ3) is 41.9. The van der Waals surface area contributed by atoms with Crippen molar-refractivity contribution in [1.82, 2.24) is 5.32 Å². The van der Waals surface area contributed by atoms with E-state index in [-0.39, 0.29) is 18.9 Å². The average Bonchev–Trinajstić information content (AvgIpc) is 3.19. The molecule has 0 radical (unpaired) electrons. The molecule has 328 valence electrons. The van der Waals surface area contributed by atoms with E-state index in [9.17, 15) is 20.1 Å². The van der Waals surface area contributed by atoms with Crippen LogP contribution in [0.25, 0.3) is 0 Å². The number of amides is 1. The molecule has 0 heterocycles. The van der Waals surface area contributed by atoms with Crippen molar-refractivity contribution < 1.29 is 20.1 Å². The first-order chi connectivity index (χ1) is 27.5. The number of nitrogens with one attached hydrogen (secondary N) is 1. The Hall–Kier alpha value is -1.69. The second kappa shape index (κ2) is 46.0. The molecule has 0 aromatic carbocycles. The van der Waals surface area contributed by atoms with Gasteiger partial charge in [-0.05, 0) is 70.6 Å². The Morgan fingerprint density at radius 2 is 0.768 bits per heavy atom. The third-order valence-electron chi connectivity index (χ3n) is 11.1. The van der Waals surface area contributed by atoms with Crippen LogP contribution in [0.5, 0.6) is 0 Å². The molecule has 5 heteroatoms. The molecule has 0 rings (SSSR count). The minimum absolute atomic E-state index is 0.00886.